The van der Waals surface area contributed by atoms with Crippen LogP contribution in [-0.2, 0) is 15.6 Å². The highest BCUT2D eigenvalue weighted by Gasteiger charge is 2.09. The Hall–Kier alpha value is -0.290. The fraction of sp³-hybridized carbons (Fsp3) is 0.333. The fourth-order valence-corrected chi connectivity index (χ4v) is 1.98. The molecule has 1 aromatic rings. The molecule has 0 heterocycles. The molecule has 0 fully saturated rings. The topological polar surface area (TPSA) is 37.4 Å². The zero-order valence-electron chi connectivity index (χ0n) is 8.47. The van der Waals surface area contributed by atoms with Gasteiger partial charge < -0.3 is 4.90 Å². The zero-order chi connectivity index (χ0) is 10.8. The van der Waals surface area contributed by atoms with E-state index in [0.29, 0.717) is 6.54 Å². The third kappa shape index (κ3) is 4.84. The maximum atomic E-state index is 11.0. The summed E-state index contributed by atoms with van der Waals surface area (Å²) in [6.07, 6.45) is 0. The second-order valence-corrected chi connectivity index (χ2v) is 5.89. The third-order valence-corrected chi connectivity index (χ3v) is 3.03. The molecule has 0 aliphatic carbocycles. The molecule has 0 saturated heterocycles. The predicted octanol–water partition coefficient (Wildman–Crippen LogP) is 2.10. The highest BCUT2D eigenvalue weighted by molar-refractivity contribution is 8.13. The third-order valence-electron chi connectivity index (χ3n) is 1.68. The van der Waals surface area contributed by atoms with Crippen molar-refractivity contribution in [3.63, 3.8) is 0 Å². The Morgan fingerprint density at radius 3 is 2.40 bits per heavy atom. The second-order valence-electron chi connectivity index (χ2n) is 3.32. The molecule has 0 aromatic heterocycles. The minimum Gasteiger partial charge on any atom is -0.305 e. The van der Waals surface area contributed by atoms with E-state index in [0.717, 1.165) is 5.56 Å². The van der Waals surface area contributed by atoms with Gasteiger partial charge in [0.1, 0.15) is 0 Å². The summed E-state index contributed by atoms with van der Waals surface area (Å²) in [5.74, 6) is 0. The Morgan fingerprint density at radius 1 is 1.33 bits per heavy atom. The van der Waals surface area contributed by atoms with Crippen molar-refractivity contribution in [1.82, 2.24) is 4.90 Å². The molecule has 0 unspecified atom stereocenters. The van der Waals surface area contributed by atoms with Gasteiger partial charge in [-0.2, -0.15) is 0 Å². The molecule has 0 N–H and O–H groups in total. The highest BCUT2D eigenvalue weighted by atomic mass is 35.7. The Balaban J connectivity index is 0.00000196. The molecule has 0 aliphatic heterocycles. The summed E-state index contributed by atoms with van der Waals surface area (Å²) >= 11 is 0. The SMILES string of the molecule is CN(C)Cc1cccc(S(=O)(=O)Cl)c1.Cl. The number of halogens is 2. The van der Waals surface area contributed by atoms with Gasteiger partial charge in [0.15, 0.2) is 0 Å². The molecule has 0 saturated carbocycles. The van der Waals surface area contributed by atoms with Gasteiger partial charge in [-0.25, -0.2) is 8.42 Å². The van der Waals surface area contributed by atoms with Crippen LogP contribution in [0.15, 0.2) is 29.2 Å². The molecule has 1 aromatic carbocycles. The van der Waals surface area contributed by atoms with Crippen LogP contribution in [0.1, 0.15) is 5.56 Å². The second kappa shape index (κ2) is 5.70. The van der Waals surface area contributed by atoms with Crippen molar-refractivity contribution in [3.8, 4) is 0 Å². The normalized spacial score (nSPS) is 11.2. The van der Waals surface area contributed by atoms with Crippen LogP contribution in [0, 0.1) is 0 Å². The van der Waals surface area contributed by atoms with Gasteiger partial charge in [0.2, 0.25) is 0 Å². The Morgan fingerprint density at radius 2 is 1.93 bits per heavy atom. The van der Waals surface area contributed by atoms with Crippen molar-refractivity contribution in [2.75, 3.05) is 14.1 Å². The van der Waals surface area contributed by atoms with E-state index in [2.05, 4.69) is 0 Å². The van der Waals surface area contributed by atoms with E-state index in [9.17, 15) is 8.42 Å². The van der Waals surface area contributed by atoms with Crippen molar-refractivity contribution in [1.29, 1.82) is 0 Å². The number of hydrogen-bond acceptors (Lipinski definition) is 3. The average molecular weight is 270 g/mol. The number of benzene rings is 1. The molecule has 0 atom stereocenters. The van der Waals surface area contributed by atoms with Crippen LogP contribution in [0.4, 0.5) is 0 Å². The lowest BCUT2D eigenvalue weighted by Crippen LogP contribution is -2.10. The van der Waals surface area contributed by atoms with Crippen molar-refractivity contribution in [2.24, 2.45) is 0 Å². The molecule has 0 aliphatic rings. The largest absolute Gasteiger partial charge is 0.305 e. The molecule has 86 valence electrons. The minimum atomic E-state index is -3.61. The molecular weight excluding hydrogens is 257 g/mol. The van der Waals surface area contributed by atoms with E-state index in [4.69, 9.17) is 10.7 Å². The van der Waals surface area contributed by atoms with Gasteiger partial charge in [-0.05, 0) is 31.8 Å². The van der Waals surface area contributed by atoms with E-state index in [1.165, 1.54) is 6.07 Å². The van der Waals surface area contributed by atoms with Crippen molar-refractivity contribution in [3.05, 3.63) is 29.8 Å². The van der Waals surface area contributed by atoms with Gasteiger partial charge in [-0.1, -0.05) is 12.1 Å². The first-order valence-electron chi connectivity index (χ1n) is 4.08. The van der Waals surface area contributed by atoms with Crippen molar-refractivity contribution in [2.45, 2.75) is 11.4 Å². The maximum Gasteiger partial charge on any atom is 0.261 e. The minimum absolute atomic E-state index is 0. The Labute approximate surface area is 101 Å². The molecule has 1 rings (SSSR count). The zero-order valence-corrected chi connectivity index (χ0v) is 10.9. The van der Waals surface area contributed by atoms with Gasteiger partial charge in [-0.3, -0.25) is 0 Å². The first kappa shape index (κ1) is 14.7. The van der Waals surface area contributed by atoms with Gasteiger partial charge in [0.25, 0.3) is 9.05 Å². The molecule has 3 nitrogen and oxygen atoms in total. The molecule has 15 heavy (non-hydrogen) atoms. The fourth-order valence-electron chi connectivity index (χ4n) is 1.16. The van der Waals surface area contributed by atoms with E-state index >= 15 is 0 Å². The molecule has 6 heteroatoms. The summed E-state index contributed by atoms with van der Waals surface area (Å²) < 4.78 is 22.0. The highest BCUT2D eigenvalue weighted by Crippen LogP contribution is 2.16. The summed E-state index contributed by atoms with van der Waals surface area (Å²) in [4.78, 5) is 2.11. The van der Waals surface area contributed by atoms with Crippen LogP contribution in [-0.4, -0.2) is 27.4 Å². The molecule has 0 amide bonds. The summed E-state index contributed by atoms with van der Waals surface area (Å²) in [5.41, 5.74) is 0.928. The van der Waals surface area contributed by atoms with Crippen LogP contribution in [0.3, 0.4) is 0 Å². The number of nitrogens with zero attached hydrogens (tertiary/aromatic N) is 1. The quantitative estimate of drug-likeness (QED) is 0.789. The van der Waals surface area contributed by atoms with Crippen LogP contribution in [0.2, 0.25) is 0 Å². The standard InChI is InChI=1S/C9H12ClNO2S.ClH/c1-11(2)7-8-4-3-5-9(6-8)14(10,12)13;/h3-6H,7H2,1-2H3;1H. The van der Waals surface area contributed by atoms with E-state index in [-0.39, 0.29) is 17.3 Å². The molecule has 0 spiro atoms. The van der Waals surface area contributed by atoms with E-state index in [1.807, 2.05) is 25.1 Å². The van der Waals surface area contributed by atoms with E-state index in [1.54, 1.807) is 12.1 Å². The van der Waals surface area contributed by atoms with Crippen molar-refractivity contribution >= 4 is 32.1 Å². The lowest BCUT2D eigenvalue weighted by atomic mass is 10.2. The smallest absolute Gasteiger partial charge is 0.261 e. The van der Waals surface area contributed by atoms with Crippen LogP contribution >= 0.6 is 23.1 Å². The number of rotatable bonds is 3. The van der Waals surface area contributed by atoms with Crippen LogP contribution < -0.4 is 0 Å². The molecule has 0 bridgehead atoms. The lowest BCUT2D eigenvalue weighted by molar-refractivity contribution is 0.402. The lowest BCUT2D eigenvalue weighted by Gasteiger charge is -2.09. The summed E-state index contributed by atoms with van der Waals surface area (Å²) in [7, 11) is 5.46. The first-order valence-corrected chi connectivity index (χ1v) is 6.39. The van der Waals surface area contributed by atoms with Crippen LogP contribution in [0.5, 0.6) is 0 Å². The van der Waals surface area contributed by atoms with Crippen molar-refractivity contribution < 1.29 is 8.42 Å². The Kier molecular flexibility index (Phi) is 5.59. The molecule has 0 radical (unpaired) electrons. The molecular formula is C9H13Cl2NO2S. The first-order chi connectivity index (χ1) is 6.39. The van der Waals surface area contributed by atoms with E-state index < -0.39 is 9.05 Å². The summed E-state index contributed by atoms with van der Waals surface area (Å²) in [5, 5.41) is 0. The van der Waals surface area contributed by atoms with Gasteiger partial charge in [-0.15, -0.1) is 12.4 Å². The monoisotopic (exact) mass is 269 g/mol. The summed E-state index contributed by atoms with van der Waals surface area (Å²) in [6.45, 7) is 0.695. The van der Waals surface area contributed by atoms with Gasteiger partial charge in [0.05, 0.1) is 4.90 Å². The van der Waals surface area contributed by atoms with Gasteiger partial charge in [0, 0.05) is 17.2 Å². The van der Waals surface area contributed by atoms with Crippen LogP contribution in [0.25, 0.3) is 0 Å². The predicted molar refractivity (Wildman–Crippen MR) is 64.1 cm³/mol. The maximum absolute atomic E-state index is 11.0. The summed E-state index contributed by atoms with van der Waals surface area (Å²) in [6, 6.07) is 6.63. The Bertz CT molecular complexity index is 418. The number of hydrogen-bond donors (Lipinski definition) is 0. The van der Waals surface area contributed by atoms with Gasteiger partial charge >= 0.3 is 0 Å². The average Bonchev–Trinajstić information content (AvgIpc) is 2.01.